The first-order valence-electron chi connectivity index (χ1n) is 11.6. The van der Waals surface area contributed by atoms with Crippen LogP contribution in [0.5, 0.6) is 0 Å². The molecule has 36 heavy (non-hydrogen) atoms. The Labute approximate surface area is 207 Å². The van der Waals surface area contributed by atoms with Crippen LogP contribution in [0.3, 0.4) is 0 Å². The molecule has 14 nitrogen and oxygen atoms in total. The molecule has 0 saturated heterocycles. The highest BCUT2D eigenvalue weighted by atomic mass is 16.4. The number of rotatable bonds is 14. The van der Waals surface area contributed by atoms with E-state index in [-0.39, 0.29) is 18.8 Å². The van der Waals surface area contributed by atoms with E-state index < -0.39 is 54.0 Å². The molecule has 0 spiro atoms. The van der Waals surface area contributed by atoms with E-state index in [0.717, 1.165) is 0 Å². The Morgan fingerprint density at radius 1 is 0.917 bits per heavy atom. The number of aromatic nitrogens is 4. The van der Waals surface area contributed by atoms with Gasteiger partial charge in [0.1, 0.15) is 18.1 Å². The Kier molecular flexibility index (Phi) is 10.5. The number of nitrogens with zero attached hydrogens (tertiary/aromatic N) is 2. The number of carbonyl (C=O) groups is 4. The number of carboxylic acids is 1. The Balaban J connectivity index is 2.09. The summed E-state index contributed by atoms with van der Waals surface area (Å²) in [7, 11) is 0. The lowest BCUT2D eigenvalue weighted by atomic mass is 9.96. The lowest BCUT2D eigenvalue weighted by molar-refractivity contribution is -0.142. The first-order chi connectivity index (χ1) is 17.0. The van der Waals surface area contributed by atoms with Crippen LogP contribution in [0.1, 0.15) is 38.6 Å². The standard InChI is InChI=1S/C22H34N8O6/c1-4-11(2)17(20(33)28-16(22(35)36)6-14-8-25-10-27-14)29-21(34)18(12(3)31)30-19(32)15(23)5-13-7-24-9-26-13/h7-12,15-18,31H,4-6,23H2,1-3H3,(H,24,26)(H,25,27)(H,28,33)(H,29,34)(H,30,32)(H,35,36). The number of aliphatic hydroxyl groups is 1. The summed E-state index contributed by atoms with van der Waals surface area (Å²) in [6.45, 7) is 4.83. The number of hydrogen-bond acceptors (Lipinski definition) is 8. The monoisotopic (exact) mass is 506 g/mol. The number of aromatic amines is 2. The summed E-state index contributed by atoms with van der Waals surface area (Å²) in [5.74, 6) is -3.85. The SMILES string of the molecule is CCC(C)C(NC(=O)C(NC(=O)C(N)Cc1cnc[nH]1)C(C)O)C(=O)NC(Cc1cnc[nH]1)C(=O)O. The molecule has 2 heterocycles. The average Bonchev–Trinajstić information content (AvgIpc) is 3.53. The van der Waals surface area contributed by atoms with Crippen molar-refractivity contribution in [3.63, 3.8) is 0 Å². The third kappa shape index (κ3) is 8.16. The van der Waals surface area contributed by atoms with Crippen molar-refractivity contribution in [3.05, 3.63) is 36.4 Å². The molecule has 0 bridgehead atoms. The van der Waals surface area contributed by atoms with Crippen molar-refractivity contribution in [2.45, 2.75) is 70.3 Å². The number of aliphatic hydroxyl groups excluding tert-OH is 1. The number of carbonyl (C=O) groups excluding carboxylic acids is 3. The summed E-state index contributed by atoms with van der Waals surface area (Å²) in [6.07, 6.45) is 5.06. The van der Waals surface area contributed by atoms with Crippen molar-refractivity contribution in [2.24, 2.45) is 11.7 Å². The van der Waals surface area contributed by atoms with Crippen molar-refractivity contribution >= 4 is 23.7 Å². The molecule has 6 unspecified atom stereocenters. The van der Waals surface area contributed by atoms with Gasteiger partial charge < -0.3 is 41.9 Å². The zero-order chi connectivity index (χ0) is 26.8. The van der Waals surface area contributed by atoms with Crippen LogP contribution in [-0.2, 0) is 32.0 Å². The van der Waals surface area contributed by atoms with E-state index in [4.69, 9.17) is 5.73 Å². The lowest BCUT2D eigenvalue weighted by Gasteiger charge is -2.29. The van der Waals surface area contributed by atoms with Crippen molar-refractivity contribution < 1.29 is 29.4 Å². The number of imidazole rings is 2. The Hall–Kier alpha value is -3.78. The van der Waals surface area contributed by atoms with Crippen LogP contribution in [-0.4, -0.2) is 84.1 Å². The second kappa shape index (κ2) is 13.3. The van der Waals surface area contributed by atoms with Crippen LogP contribution in [0.2, 0.25) is 0 Å². The van der Waals surface area contributed by atoms with Crippen LogP contribution < -0.4 is 21.7 Å². The average molecular weight is 507 g/mol. The molecule has 0 aliphatic heterocycles. The maximum atomic E-state index is 13.0. The predicted molar refractivity (Wildman–Crippen MR) is 127 cm³/mol. The van der Waals surface area contributed by atoms with Gasteiger partial charge in [-0.3, -0.25) is 14.4 Å². The topological polar surface area (TPSA) is 228 Å². The largest absolute Gasteiger partial charge is 0.480 e. The molecular formula is C22H34N8O6. The molecule has 198 valence electrons. The third-order valence-corrected chi connectivity index (χ3v) is 5.78. The highest BCUT2D eigenvalue weighted by molar-refractivity contribution is 5.94. The molecule has 6 atom stereocenters. The number of amides is 3. The molecule has 3 amide bonds. The number of hydrogen-bond donors (Lipinski definition) is 8. The quantitative estimate of drug-likeness (QED) is 0.144. The van der Waals surface area contributed by atoms with Gasteiger partial charge in [-0.25, -0.2) is 14.8 Å². The van der Waals surface area contributed by atoms with E-state index in [2.05, 4.69) is 35.9 Å². The second-order valence-corrected chi connectivity index (χ2v) is 8.67. The number of aliphatic carboxylic acids is 1. The van der Waals surface area contributed by atoms with Gasteiger partial charge in [0.25, 0.3) is 0 Å². The van der Waals surface area contributed by atoms with Crippen molar-refractivity contribution in [1.29, 1.82) is 0 Å². The number of nitrogens with one attached hydrogen (secondary N) is 5. The highest BCUT2D eigenvalue weighted by Gasteiger charge is 2.34. The van der Waals surface area contributed by atoms with Crippen molar-refractivity contribution in [2.75, 3.05) is 0 Å². The smallest absolute Gasteiger partial charge is 0.326 e. The molecular weight excluding hydrogens is 472 g/mol. The predicted octanol–water partition coefficient (Wildman–Crippen LogP) is -1.79. The van der Waals surface area contributed by atoms with E-state index >= 15 is 0 Å². The van der Waals surface area contributed by atoms with Gasteiger partial charge in [0.15, 0.2) is 0 Å². The number of carboxylic acid groups (broad SMARTS) is 1. The number of H-pyrrole nitrogens is 2. The molecule has 0 saturated carbocycles. The van der Waals surface area contributed by atoms with E-state index in [1.807, 2.05) is 0 Å². The summed E-state index contributed by atoms with van der Waals surface area (Å²) in [4.78, 5) is 63.6. The number of nitrogens with two attached hydrogens (primary N) is 1. The molecule has 0 aliphatic carbocycles. The maximum Gasteiger partial charge on any atom is 0.326 e. The molecule has 0 aliphatic rings. The molecule has 0 radical (unpaired) electrons. The van der Waals surface area contributed by atoms with Gasteiger partial charge in [0.2, 0.25) is 17.7 Å². The highest BCUT2D eigenvalue weighted by Crippen LogP contribution is 2.10. The van der Waals surface area contributed by atoms with E-state index in [9.17, 15) is 29.4 Å². The Morgan fingerprint density at radius 2 is 1.44 bits per heavy atom. The summed E-state index contributed by atoms with van der Waals surface area (Å²) in [5.41, 5.74) is 7.04. The first-order valence-corrected chi connectivity index (χ1v) is 11.6. The molecule has 0 fully saturated rings. The summed E-state index contributed by atoms with van der Waals surface area (Å²) < 4.78 is 0. The van der Waals surface area contributed by atoms with E-state index in [0.29, 0.717) is 17.8 Å². The summed E-state index contributed by atoms with van der Waals surface area (Å²) in [5, 5.41) is 27.1. The van der Waals surface area contributed by atoms with Gasteiger partial charge in [-0.15, -0.1) is 0 Å². The van der Waals surface area contributed by atoms with Crippen LogP contribution >= 0.6 is 0 Å². The first kappa shape index (κ1) is 28.5. The minimum absolute atomic E-state index is 0.0389. The fourth-order valence-corrected chi connectivity index (χ4v) is 3.41. The normalized spacial score (nSPS) is 16.1. The molecule has 14 heteroatoms. The van der Waals surface area contributed by atoms with Gasteiger partial charge in [0, 0.05) is 36.6 Å². The molecule has 2 aromatic rings. The Morgan fingerprint density at radius 3 is 1.92 bits per heavy atom. The fourth-order valence-electron chi connectivity index (χ4n) is 3.41. The minimum atomic E-state index is -1.40. The molecule has 2 rings (SSSR count). The van der Waals surface area contributed by atoms with E-state index in [1.165, 1.54) is 32.0 Å². The van der Waals surface area contributed by atoms with Crippen LogP contribution in [0, 0.1) is 5.92 Å². The van der Waals surface area contributed by atoms with Crippen LogP contribution in [0.4, 0.5) is 0 Å². The van der Waals surface area contributed by atoms with Gasteiger partial charge in [-0.2, -0.15) is 0 Å². The lowest BCUT2D eigenvalue weighted by Crippen LogP contribution is -2.61. The summed E-state index contributed by atoms with van der Waals surface area (Å²) in [6, 6.07) is -4.81. The third-order valence-electron chi connectivity index (χ3n) is 5.78. The van der Waals surface area contributed by atoms with Gasteiger partial charge in [-0.1, -0.05) is 20.3 Å². The molecule has 9 N–H and O–H groups in total. The van der Waals surface area contributed by atoms with Gasteiger partial charge >= 0.3 is 5.97 Å². The minimum Gasteiger partial charge on any atom is -0.480 e. The van der Waals surface area contributed by atoms with Crippen LogP contribution in [0.15, 0.2) is 25.0 Å². The van der Waals surface area contributed by atoms with Gasteiger partial charge in [0.05, 0.1) is 24.8 Å². The van der Waals surface area contributed by atoms with Crippen LogP contribution in [0.25, 0.3) is 0 Å². The summed E-state index contributed by atoms with van der Waals surface area (Å²) >= 11 is 0. The maximum absolute atomic E-state index is 13.0. The Bertz CT molecular complexity index is 994. The van der Waals surface area contributed by atoms with Crippen molar-refractivity contribution in [1.82, 2.24) is 35.9 Å². The molecule has 2 aromatic heterocycles. The molecule has 0 aromatic carbocycles. The second-order valence-electron chi connectivity index (χ2n) is 8.67. The fraction of sp³-hybridized carbons (Fsp3) is 0.545. The van der Waals surface area contributed by atoms with E-state index in [1.54, 1.807) is 13.8 Å². The van der Waals surface area contributed by atoms with Gasteiger partial charge in [-0.05, 0) is 12.8 Å². The zero-order valence-electron chi connectivity index (χ0n) is 20.4. The zero-order valence-corrected chi connectivity index (χ0v) is 20.4. The van der Waals surface area contributed by atoms with Crippen molar-refractivity contribution in [3.8, 4) is 0 Å².